The van der Waals surface area contributed by atoms with Crippen molar-refractivity contribution in [3.63, 3.8) is 0 Å². The summed E-state index contributed by atoms with van der Waals surface area (Å²) in [7, 11) is 3.43. The molecule has 0 spiro atoms. The molecule has 2 aliphatic rings. The number of hydrogen-bond acceptors (Lipinski definition) is 7. The number of hydrogen-bond donors (Lipinski definition) is 2. The van der Waals surface area contributed by atoms with Crippen LogP contribution in [0.2, 0.25) is 0 Å². The van der Waals surface area contributed by atoms with Gasteiger partial charge in [0.05, 0.1) is 30.8 Å². The molecule has 0 aliphatic carbocycles. The lowest BCUT2D eigenvalue weighted by atomic mass is 10.0. The van der Waals surface area contributed by atoms with Crippen molar-refractivity contribution in [1.82, 2.24) is 14.7 Å². The Morgan fingerprint density at radius 1 is 1.10 bits per heavy atom. The third kappa shape index (κ3) is 4.84. The summed E-state index contributed by atoms with van der Waals surface area (Å²) in [6, 6.07) is 5.39. The molecular weight excluding hydrogens is 382 g/mol. The Balaban J connectivity index is 0.000000370. The smallest absolute Gasteiger partial charge is 0.317 e. The number of nitrogens with zero attached hydrogens (tertiary/aromatic N) is 3. The largest absolute Gasteiger partial charge is 0.480 e. The van der Waals surface area contributed by atoms with Crippen LogP contribution in [0.1, 0.15) is 33.6 Å². The summed E-state index contributed by atoms with van der Waals surface area (Å²) in [5.74, 6) is -2.83. The van der Waals surface area contributed by atoms with Crippen molar-refractivity contribution >= 4 is 29.6 Å². The van der Waals surface area contributed by atoms with E-state index in [0.717, 1.165) is 9.80 Å². The van der Waals surface area contributed by atoms with Crippen molar-refractivity contribution in [3.8, 4) is 0 Å². The van der Waals surface area contributed by atoms with E-state index in [1.807, 2.05) is 0 Å². The molecule has 1 unspecified atom stereocenters. The van der Waals surface area contributed by atoms with E-state index in [1.165, 1.54) is 0 Å². The molecule has 4 amide bonds. The molecule has 2 N–H and O–H groups in total. The minimum Gasteiger partial charge on any atom is -0.480 e. The van der Waals surface area contributed by atoms with Crippen LogP contribution >= 0.6 is 0 Å². The highest BCUT2D eigenvalue weighted by atomic mass is 16.4. The second-order valence-corrected chi connectivity index (χ2v) is 6.82. The monoisotopic (exact) mass is 405 g/mol. The predicted molar refractivity (Wildman–Crippen MR) is 100.0 cm³/mol. The number of benzene rings is 1. The van der Waals surface area contributed by atoms with Gasteiger partial charge < -0.3 is 10.2 Å². The van der Waals surface area contributed by atoms with Gasteiger partial charge in [-0.15, -0.1) is 0 Å². The van der Waals surface area contributed by atoms with Crippen LogP contribution in [0.5, 0.6) is 0 Å². The van der Waals surface area contributed by atoms with Crippen molar-refractivity contribution in [2.75, 3.05) is 33.8 Å². The van der Waals surface area contributed by atoms with Gasteiger partial charge in [-0.05, 0) is 32.6 Å². The minimum atomic E-state index is -0.989. The number of aliphatic carboxylic acids is 1. The second kappa shape index (κ2) is 9.39. The Hall–Kier alpha value is -3.11. The maximum atomic E-state index is 12.4. The van der Waals surface area contributed by atoms with Crippen molar-refractivity contribution in [1.29, 1.82) is 0 Å². The third-order valence-electron chi connectivity index (χ3n) is 4.40. The van der Waals surface area contributed by atoms with E-state index in [2.05, 4.69) is 0 Å². The van der Waals surface area contributed by atoms with Crippen molar-refractivity contribution < 1.29 is 34.2 Å². The van der Waals surface area contributed by atoms with Gasteiger partial charge in [-0.1, -0.05) is 12.1 Å². The number of aliphatic hydroxyl groups excluding tert-OH is 1. The Bertz CT molecular complexity index is 802. The van der Waals surface area contributed by atoms with Crippen LogP contribution in [0.3, 0.4) is 0 Å². The number of rotatable bonds is 5. The maximum Gasteiger partial charge on any atom is 0.317 e. The van der Waals surface area contributed by atoms with Gasteiger partial charge in [0.15, 0.2) is 0 Å². The number of likely N-dealkylation sites (tertiary alicyclic amines) is 1. The number of piperidine rings is 1. The molecule has 2 aliphatic heterocycles. The number of aliphatic hydroxyl groups is 1. The Kier molecular flexibility index (Phi) is 7.18. The number of fused-ring (bicyclic) bond motifs is 1. The molecule has 0 aromatic heterocycles. The number of carbonyl (C=O) groups excluding carboxylic acids is 4. The lowest BCUT2D eigenvalue weighted by Crippen LogP contribution is -2.56. The lowest BCUT2D eigenvalue weighted by molar-refractivity contribution is -0.152. The quantitative estimate of drug-likeness (QED) is 0.622. The van der Waals surface area contributed by atoms with Crippen LogP contribution in [0.25, 0.3) is 0 Å². The molecule has 1 fully saturated rings. The summed E-state index contributed by atoms with van der Waals surface area (Å²) < 4.78 is 0. The first-order valence-corrected chi connectivity index (χ1v) is 8.97. The fourth-order valence-corrected chi connectivity index (χ4v) is 3.16. The van der Waals surface area contributed by atoms with Gasteiger partial charge in [0, 0.05) is 6.42 Å². The van der Waals surface area contributed by atoms with Gasteiger partial charge >= 0.3 is 5.97 Å². The number of carboxylic acids is 1. The number of amides is 4. The van der Waals surface area contributed by atoms with Gasteiger partial charge in [-0.25, -0.2) is 0 Å². The zero-order valence-corrected chi connectivity index (χ0v) is 16.2. The summed E-state index contributed by atoms with van der Waals surface area (Å²) in [4.78, 5) is 62.2. The van der Waals surface area contributed by atoms with E-state index in [1.54, 1.807) is 43.3 Å². The number of carbonyl (C=O) groups is 5. The highest BCUT2D eigenvalue weighted by Crippen LogP contribution is 2.28. The average Bonchev–Trinajstić information content (AvgIpc) is 2.90. The molecule has 156 valence electrons. The molecular formula is C19H23N3O7. The van der Waals surface area contributed by atoms with Crippen molar-refractivity contribution in [2.45, 2.75) is 18.9 Å². The first-order chi connectivity index (χ1) is 13.7. The molecule has 1 aromatic carbocycles. The molecule has 1 aromatic rings. The van der Waals surface area contributed by atoms with Crippen LogP contribution < -0.4 is 0 Å². The van der Waals surface area contributed by atoms with Gasteiger partial charge in [0.25, 0.3) is 17.7 Å². The summed E-state index contributed by atoms with van der Waals surface area (Å²) in [6.07, 6.45) is 0.175. The number of likely N-dealkylation sites (N-methyl/N-ethyl adjacent to an activating group) is 1. The van der Waals surface area contributed by atoms with Crippen LogP contribution in [0.4, 0.5) is 0 Å². The van der Waals surface area contributed by atoms with Gasteiger partial charge in [-0.2, -0.15) is 0 Å². The van der Waals surface area contributed by atoms with E-state index < -0.39 is 35.6 Å². The molecule has 29 heavy (non-hydrogen) atoms. The van der Waals surface area contributed by atoms with E-state index in [9.17, 15) is 24.0 Å². The topological polar surface area (TPSA) is 136 Å². The van der Waals surface area contributed by atoms with Crippen LogP contribution in [-0.4, -0.2) is 94.3 Å². The standard InChI is InChI=1S/C15H14N2O5.C4H9NO2/c18-8-7-16-12(19)6-5-11(15(16)22)17-13(20)9-3-1-2-4-10(9)14(17)21;1-5(2)3-4(6)7/h1-4,11,18H,5-8H2;3H2,1-2H3,(H,6,7). The molecule has 0 radical (unpaired) electrons. The van der Waals surface area contributed by atoms with E-state index in [4.69, 9.17) is 10.2 Å². The molecule has 1 saturated heterocycles. The Morgan fingerprint density at radius 3 is 2.07 bits per heavy atom. The highest BCUT2D eigenvalue weighted by Gasteiger charge is 2.46. The zero-order chi connectivity index (χ0) is 21.7. The summed E-state index contributed by atoms with van der Waals surface area (Å²) in [5.41, 5.74) is 0.539. The van der Waals surface area contributed by atoms with E-state index in [-0.39, 0.29) is 43.7 Å². The van der Waals surface area contributed by atoms with Crippen LogP contribution in [0.15, 0.2) is 24.3 Å². The second-order valence-electron chi connectivity index (χ2n) is 6.82. The highest BCUT2D eigenvalue weighted by molar-refractivity contribution is 6.23. The predicted octanol–water partition coefficient (Wildman–Crippen LogP) is -0.575. The molecule has 10 heteroatoms. The molecule has 3 rings (SSSR count). The number of β-amino-alcohol motifs (C(OH)–C–C–N with tert-alkyl or cyclic N) is 1. The minimum absolute atomic E-state index is 0.0593. The first-order valence-electron chi connectivity index (χ1n) is 8.97. The molecule has 1 atom stereocenters. The lowest BCUT2D eigenvalue weighted by Gasteiger charge is -2.34. The fourth-order valence-electron chi connectivity index (χ4n) is 3.16. The fraction of sp³-hybridized carbons (Fsp3) is 0.421. The first kappa shape index (κ1) is 22.2. The van der Waals surface area contributed by atoms with Gasteiger partial charge in [-0.3, -0.25) is 38.7 Å². The molecule has 10 nitrogen and oxygen atoms in total. The van der Waals surface area contributed by atoms with Crippen molar-refractivity contribution in [3.05, 3.63) is 35.4 Å². The number of imide groups is 2. The van der Waals surface area contributed by atoms with Crippen molar-refractivity contribution in [2.24, 2.45) is 0 Å². The summed E-state index contributed by atoms with van der Waals surface area (Å²) in [6.45, 7) is -0.371. The zero-order valence-electron chi connectivity index (χ0n) is 16.2. The van der Waals surface area contributed by atoms with Crippen LogP contribution in [0, 0.1) is 0 Å². The van der Waals surface area contributed by atoms with Gasteiger partial charge in [0.1, 0.15) is 6.04 Å². The number of carboxylic acid groups (broad SMARTS) is 1. The SMILES string of the molecule is CN(C)CC(=O)O.O=C1CCC(N2C(=O)c3ccccc3C2=O)C(=O)N1CCO. The van der Waals surface area contributed by atoms with Gasteiger partial charge in [0.2, 0.25) is 5.91 Å². The summed E-state index contributed by atoms with van der Waals surface area (Å²) >= 11 is 0. The summed E-state index contributed by atoms with van der Waals surface area (Å²) in [5, 5.41) is 17.0. The van der Waals surface area contributed by atoms with E-state index in [0.29, 0.717) is 0 Å². The molecule has 0 bridgehead atoms. The normalized spacial score (nSPS) is 18.7. The Morgan fingerprint density at radius 2 is 1.66 bits per heavy atom. The Labute approximate surface area is 167 Å². The third-order valence-corrected chi connectivity index (χ3v) is 4.40. The van der Waals surface area contributed by atoms with Crippen LogP contribution in [-0.2, 0) is 14.4 Å². The maximum absolute atomic E-state index is 12.4. The molecule has 0 saturated carbocycles. The van der Waals surface area contributed by atoms with E-state index >= 15 is 0 Å². The average molecular weight is 405 g/mol. The molecule has 2 heterocycles.